The van der Waals surface area contributed by atoms with Crippen LogP contribution >= 0.6 is 11.6 Å². The number of aliphatic hydroxyl groups is 1. The lowest BCUT2D eigenvalue weighted by atomic mass is 10.1. The first-order valence-electron chi connectivity index (χ1n) is 5.36. The van der Waals surface area contributed by atoms with E-state index in [1.165, 1.54) is 6.20 Å². The highest BCUT2D eigenvalue weighted by Gasteiger charge is 2.04. The number of nitrogens with one attached hydrogen (secondary N) is 2. The zero-order valence-corrected chi connectivity index (χ0v) is 10.2. The fourth-order valence-electron chi connectivity index (χ4n) is 1.54. The van der Waals surface area contributed by atoms with Crippen LogP contribution in [0, 0.1) is 0 Å². The Morgan fingerprint density at radius 2 is 2.17 bits per heavy atom. The average Bonchev–Trinajstić information content (AvgIpc) is 2.41. The largest absolute Gasteiger partial charge is 0.392 e. The van der Waals surface area contributed by atoms with E-state index in [9.17, 15) is 4.79 Å². The van der Waals surface area contributed by atoms with Gasteiger partial charge in [-0.25, -0.2) is 5.10 Å². The van der Waals surface area contributed by atoms with E-state index in [0.29, 0.717) is 12.2 Å². The van der Waals surface area contributed by atoms with Crippen LogP contribution in [0.5, 0.6) is 0 Å². The summed E-state index contributed by atoms with van der Waals surface area (Å²) in [5, 5.41) is 18.1. The Morgan fingerprint density at radius 3 is 2.94 bits per heavy atom. The molecule has 94 valence electrons. The topological polar surface area (TPSA) is 78.0 Å². The predicted molar refractivity (Wildman–Crippen MR) is 69.6 cm³/mol. The van der Waals surface area contributed by atoms with Gasteiger partial charge in [-0.1, -0.05) is 35.9 Å². The lowest BCUT2D eigenvalue weighted by Gasteiger charge is -2.07. The Morgan fingerprint density at radius 1 is 1.39 bits per heavy atom. The van der Waals surface area contributed by atoms with Gasteiger partial charge >= 0.3 is 0 Å². The van der Waals surface area contributed by atoms with Gasteiger partial charge < -0.3 is 10.4 Å². The molecule has 0 fully saturated rings. The smallest absolute Gasteiger partial charge is 0.285 e. The number of aliphatic hydroxyl groups excluding tert-OH is 1. The first-order valence-corrected chi connectivity index (χ1v) is 5.74. The van der Waals surface area contributed by atoms with Gasteiger partial charge in [0.15, 0.2) is 0 Å². The second kappa shape index (κ2) is 5.66. The third-order valence-electron chi connectivity index (χ3n) is 2.45. The number of anilines is 1. The molecule has 0 atom stereocenters. The van der Waals surface area contributed by atoms with E-state index in [4.69, 9.17) is 16.7 Å². The number of benzene rings is 1. The van der Waals surface area contributed by atoms with Gasteiger partial charge in [-0.2, -0.15) is 5.10 Å². The number of H-pyrrole nitrogens is 1. The summed E-state index contributed by atoms with van der Waals surface area (Å²) in [6.45, 7) is 0.500. The minimum Gasteiger partial charge on any atom is -0.392 e. The summed E-state index contributed by atoms with van der Waals surface area (Å²) < 4.78 is 0. The molecule has 0 saturated heterocycles. The Bertz CT molecular complexity index is 598. The van der Waals surface area contributed by atoms with Crippen LogP contribution in [0.3, 0.4) is 0 Å². The minimum absolute atomic E-state index is 0.00115. The van der Waals surface area contributed by atoms with Crippen molar-refractivity contribution in [3.63, 3.8) is 0 Å². The summed E-state index contributed by atoms with van der Waals surface area (Å²) in [7, 11) is 0. The second-order valence-electron chi connectivity index (χ2n) is 3.76. The molecule has 0 aliphatic rings. The summed E-state index contributed by atoms with van der Waals surface area (Å²) in [6.07, 6.45) is 1.46. The number of rotatable bonds is 4. The van der Waals surface area contributed by atoms with Gasteiger partial charge in [0.25, 0.3) is 5.56 Å². The summed E-state index contributed by atoms with van der Waals surface area (Å²) in [5.41, 5.74) is 1.88. The van der Waals surface area contributed by atoms with Crippen LogP contribution in [0.1, 0.15) is 11.1 Å². The van der Waals surface area contributed by atoms with Crippen LogP contribution in [0.4, 0.5) is 5.69 Å². The zero-order valence-electron chi connectivity index (χ0n) is 9.48. The third-order valence-corrected chi connectivity index (χ3v) is 2.83. The van der Waals surface area contributed by atoms with Crippen molar-refractivity contribution in [2.24, 2.45) is 0 Å². The van der Waals surface area contributed by atoms with E-state index in [-0.39, 0.29) is 11.6 Å². The van der Waals surface area contributed by atoms with E-state index >= 15 is 0 Å². The van der Waals surface area contributed by atoms with E-state index < -0.39 is 5.56 Å². The molecule has 6 heteroatoms. The minimum atomic E-state index is -0.425. The lowest BCUT2D eigenvalue weighted by molar-refractivity contribution is 0.281. The molecule has 0 aliphatic heterocycles. The van der Waals surface area contributed by atoms with E-state index in [1.54, 1.807) is 0 Å². The highest BCUT2D eigenvalue weighted by atomic mass is 35.5. The second-order valence-corrected chi connectivity index (χ2v) is 4.14. The molecule has 0 aliphatic carbocycles. The van der Waals surface area contributed by atoms with Crippen molar-refractivity contribution in [1.82, 2.24) is 10.2 Å². The number of aromatic amines is 1. The van der Waals surface area contributed by atoms with Crippen LogP contribution in [0.15, 0.2) is 35.3 Å². The maximum atomic E-state index is 11.2. The molecule has 0 unspecified atom stereocenters. The van der Waals surface area contributed by atoms with Gasteiger partial charge in [0, 0.05) is 6.54 Å². The number of aromatic nitrogens is 2. The Labute approximate surface area is 108 Å². The fourth-order valence-corrected chi connectivity index (χ4v) is 1.70. The van der Waals surface area contributed by atoms with Crippen molar-refractivity contribution in [2.75, 3.05) is 5.32 Å². The van der Waals surface area contributed by atoms with Crippen LogP contribution in [0.2, 0.25) is 5.02 Å². The summed E-state index contributed by atoms with van der Waals surface area (Å²) in [6, 6.07) is 7.49. The van der Waals surface area contributed by atoms with Crippen molar-refractivity contribution in [2.45, 2.75) is 13.2 Å². The monoisotopic (exact) mass is 265 g/mol. The van der Waals surface area contributed by atoms with E-state index in [0.717, 1.165) is 11.1 Å². The van der Waals surface area contributed by atoms with Gasteiger partial charge in [-0.3, -0.25) is 4.79 Å². The molecule has 2 aromatic rings. The molecule has 5 nitrogen and oxygen atoms in total. The van der Waals surface area contributed by atoms with Gasteiger partial charge in [-0.05, 0) is 11.1 Å². The normalized spacial score (nSPS) is 10.3. The van der Waals surface area contributed by atoms with Gasteiger partial charge in [0.2, 0.25) is 0 Å². The molecule has 0 amide bonds. The van der Waals surface area contributed by atoms with Crippen molar-refractivity contribution in [3.05, 3.63) is 57.0 Å². The molecule has 3 N–H and O–H groups in total. The number of halogens is 1. The summed E-state index contributed by atoms with van der Waals surface area (Å²) in [4.78, 5) is 11.2. The molecule has 0 bridgehead atoms. The van der Waals surface area contributed by atoms with Crippen molar-refractivity contribution < 1.29 is 5.11 Å². The Kier molecular flexibility index (Phi) is 3.96. The first-order chi connectivity index (χ1) is 8.70. The Balaban J connectivity index is 2.11. The maximum absolute atomic E-state index is 11.2. The quantitative estimate of drug-likeness (QED) is 0.783. The molecule has 1 aromatic carbocycles. The van der Waals surface area contributed by atoms with Gasteiger partial charge in [0.1, 0.15) is 5.02 Å². The van der Waals surface area contributed by atoms with Crippen molar-refractivity contribution in [1.29, 1.82) is 0 Å². The molecular weight excluding hydrogens is 254 g/mol. The van der Waals surface area contributed by atoms with Crippen LogP contribution in [-0.2, 0) is 13.2 Å². The van der Waals surface area contributed by atoms with Gasteiger partial charge in [0.05, 0.1) is 18.5 Å². The van der Waals surface area contributed by atoms with Crippen LogP contribution < -0.4 is 10.9 Å². The van der Waals surface area contributed by atoms with Crippen molar-refractivity contribution in [3.8, 4) is 0 Å². The van der Waals surface area contributed by atoms with E-state index in [1.807, 2.05) is 24.3 Å². The molecule has 18 heavy (non-hydrogen) atoms. The van der Waals surface area contributed by atoms with E-state index in [2.05, 4.69) is 15.5 Å². The van der Waals surface area contributed by atoms with Crippen molar-refractivity contribution >= 4 is 17.3 Å². The summed E-state index contributed by atoms with van der Waals surface area (Å²) in [5.74, 6) is 0. The summed E-state index contributed by atoms with van der Waals surface area (Å²) >= 11 is 5.83. The molecule has 0 radical (unpaired) electrons. The number of hydrogen-bond donors (Lipinski definition) is 3. The molecule has 1 heterocycles. The highest BCUT2D eigenvalue weighted by Crippen LogP contribution is 2.16. The maximum Gasteiger partial charge on any atom is 0.285 e. The molecule has 2 rings (SSSR count). The van der Waals surface area contributed by atoms with Crippen LogP contribution in [0.25, 0.3) is 0 Å². The molecule has 0 saturated carbocycles. The third kappa shape index (κ3) is 2.88. The predicted octanol–water partition coefficient (Wildman–Crippen LogP) is 1.53. The number of nitrogens with zero attached hydrogens (tertiary/aromatic N) is 1. The average molecular weight is 266 g/mol. The Hall–Kier alpha value is -1.85. The van der Waals surface area contributed by atoms with Crippen LogP contribution in [-0.4, -0.2) is 15.3 Å². The fraction of sp³-hybridized carbons (Fsp3) is 0.167. The number of hydrogen-bond acceptors (Lipinski definition) is 4. The molecule has 0 spiro atoms. The first kappa shape index (κ1) is 12.6. The zero-order chi connectivity index (χ0) is 13.0. The standard InChI is InChI=1S/C12H12ClN3O2/c13-11-10(6-15-16-12(11)18)14-5-8-2-1-3-9(4-8)7-17/h1-4,6,17H,5,7H2,(H2,14,16,18). The van der Waals surface area contributed by atoms with Gasteiger partial charge in [-0.15, -0.1) is 0 Å². The molecule has 1 aromatic heterocycles. The molecular formula is C12H12ClN3O2. The SMILES string of the molecule is O=c1[nH]ncc(NCc2cccc(CO)c2)c1Cl. The lowest BCUT2D eigenvalue weighted by Crippen LogP contribution is -2.11. The highest BCUT2D eigenvalue weighted by molar-refractivity contribution is 6.32.